The van der Waals surface area contributed by atoms with E-state index < -0.39 is 0 Å². The molecule has 1 aliphatic carbocycles. The second kappa shape index (κ2) is 7.96. The minimum absolute atomic E-state index is 0.0514. The number of hydrogen-bond donors (Lipinski definition) is 2. The molecule has 1 fully saturated rings. The largest absolute Gasteiger partial charge is 0.391 e. The topological polar surface area (TPSA) is 49.3 Å². The van der Waals surface area contributed by atoms with Crippen LogP contribution in [0.4, 0.5) is 0 Å². The van der Waals surface area contributed by atoms with Crippen LogP contribution in [0.5, 0.6) is 0 Å². The molecule has 0 saturated heterocycles. The lowest BCUT2D eigenvalue weighted by Crippen LogP contribution is -2.36. The zero-order chi connectivity index (χ0) is 11.8. The molecule has 2 N–H and O–H groups in total. The number of amides is 1. The summed E-state index contributed by atoms with van der Waals surface area (Å²) < 4.78 is 0. The molecule has 1 saturated carbocycles. The number of hydrogen-bond acceptors (Lipinski definition) is 3. The van der Waals surface area contributed by atoms with Crippen LogP contribution in [0.3, 0.4) is 0 Å². The van der Waals surface area contributed by atoms with E-state index in [0.717, 1.165) is 25.0 Å². The van der Waals surface area contributed by atoms with Crippen LogP contribution in [-0.2, 0) is 4.79 Å². The van der Waals surface area contributed by atoms with Crippen molar-refractivity contribution in [2.45, 2.75) is 45.1 Å². The SMILES string of the molecule is CCCSCC(=O)NCC(O)C1CCCC1. The molecule has 4 heteroatoms. The van der Waals surface area contributed by atoms with E-state index in [0.29, 0.717) is 18.2 Å². The van der Waals surface area contributed by atoms with Crippen molar-refractivity contribution in [3.05, 3.63) is 0 Å². The first kappa shape index (κ1) is 13.8. The van der Waals surface area contributed by atoms with Gasteiger partial charge >= 0.3 is 0 Å². The minimum atomic E-state index is -0.345. The predicted molar refractivity (Wildman–Crippen MR) is 68.6 cm³/mol. The fourth-order valence-corrected chi connectivity index (χ4v) is 2.81. The van der Waals surface area contributed by atoms with Gasteiger partial charge in [-0.05, 0) is 30.9 Å². The summed E-state index contributed by atoms with van der Waals surface area (Å²) in [5, 5.41) is 12.7. The number of carbonyl (C=O) groups excluding carboxylic acids is 1. The molecule has 0 aromatic carbocycles. The summed E-state index contributed by atoms with van der Waals surface area (Å²) in [4.78, 5) is 11.4. The highest BCUT2D eigenvalue weighted by Gasteiger charge is 2.23. The molecule has 16 heavy (non-hydrogen) atoms. The van der Waals surface area contributed by atoms with Crippen molar-refractivity contribution < 1.29 is 9.90 Å². The summed E-state index contributed by atoms with van der Waals surface area (Å²) in [5.74, 6) is 2.00. The molecule has 0 bridgehead atoms. The lowest BCUT2D eigenvalue weighted by Gasteiger charge is -2.17. The molecule has 0 aromatic rings. The van der Waals surface area contributed by atoms with E-state index in [1.54, 1.807) is 11.8 Å². The van der Waals surface area contributed by atoms with Gasteiger partial charge in [0.25, 0.3) is 0 Å². The second-order valence-electron chi connectivity index (χ2n) is 4.47. The van der Waals surface area contributed by atoms with Gasteiger partial charge in [0, 0.05) is 6.54 Å². The van der Waals surface area contributed by atoms with Gasteiger partial charge in [-0.3, -0.25) is 4.79 Å². The van der Waals surface area contributed by atoms with E-state index in [2.05, 4.69) is 12.2 Å². The molecule has 0 radical (unpaired) electrons. The molecule has 1 aliphatic rings. The Morgan fingerprint density at radius 1 is 1.50 bits per heavy atom. The number of thioether (sulfide) groups is 1. The summed E-state index contributed by atoms with van der Waals surface area (Å²) in [6.45, 7) is 2.53. The first-order chi connectivity index (χ1) is 7.74. The van der Waals surface area contributed by atoms with Gasteiger partial charge in [-0.15, -0.1) is 0 Å². The third-order valence-electron chi connectivity index (χ3n) is 3.03. The molecular formula is C12H23NO2S. The average molecular weight is 245 g/mol. The Bertz CT molecular complexity index is 205. The Labute approximate surface area is 102 Å². The lowest BCUT2D eigenvalue weighted by atomic mass is 10.0. The zero-order valence-electron chi connectivity index (χ0n) is 10.1. The van der Waals surface area contributed by atoms with Gasteiger partial charge < -0.3 is 10.4 Å². The third kappa shape index (κ3) is 5.21. The first-order valence-electron chi connectivity index (χ1n) is 6.26. The number of rotatable bonds is 7. The van der Waals surface area contributed by atoms with Crippen molar-refractivity contribution >= 4 is 17.7 Å². The van der Waals surface area contributed by atoms with Crippen LogP contribution < -0.4 is 5.32 Å². The van der Waals surface area contributed by atoms with Crippen molar-refractivity contribution in [1.82, 2.24) is 5.32 Å². The van der Waals surface area contributed by atoms with E-state index in [9.17, 15) is 9.90 Å². The van der Waals surface area contributed by atoms with Crippen molar-refractivity contribution in [1.29, 1.82) is 0 Å². The van der Waals surface area contributed by atoms with Crippen LogP contribution in [0, 0.1) is 5.92 Å². The van der Waals surface area contributed by atoms with E-state index >= 15 is 0 Å². The van der Waals surface area contributed by atoms with Gasteiger partial charge in [0.1, 0.15) is 0 Å². The molecule has 1 atom stereocenters. The third-order valence-corrected chi connectivity index (χ3v) is 4.20. The summed E-state index contributed by atoms with van der Waals surface area (Å²) in [5.41, 5.74) is 0. The highest BCUT2D eigenvalue weighted by molar-refractivity contribution is 7.99. The Kier molecular flexibility index (Phi) is 6.88. The molecule has 0 aromatic heterocycles. The zero-order valence-corrected chi connectivity index (χ0v) is 10.9. The van der Waals surface area contributed by atoms with Crippen molar-refractivity contribution in [2.75, 3.05) is 18.1 Å². The second-order valence-corrected chi connectivity index (χ2v) is 5.57. The molecule has 1 unspecified atom stereocenters. The maximum absolute atomic E-state index is 11.4. The summed E-state index contributed by atoms with van der Waals surface area (Å²) in [6.07, 6.45) is 5.43. The Balaban J connectivity index is 2.06. The van der Waals surface area contributed by atoms with Gasteiger partial charge in [-0.25, -0.2) is 0 Å². The van der Waals surface area contributed by atoms with Crippen LogP contribution in [0.2, 0.25) is 0 Å². The van der Waals surface area contributed by atoms with E-state index in [4.69, 9.17) is 0 Å². The fraction of sp³-hybridized carbons (Fsp3) is 0.917. The number of aliphatic hydroxyl groups is 1. The summed E-state index contributed by atoms with van der Waals surface area (Å²) >= 11 is 1.65. The smallest absolute Gasteiger partial charge is 0.230 e. The summed E-state index contributed by atoms with van der Waals surface area (Å²) in [7, 11) is 0. The van der Waals surface area contributed by atoms with Gasteiger partial charge in [0.15, 0.2) is 0 Å². The Morgan fingerprint density at radius 3 is 2.81 bits per heavy atom. The average Bonchev–Trinajstić information content (AvgIpc) is 2.79. The van der Waals surface area contributed by atoms with Crippen molar-refractivity contribution in [3.8, 4) is 0 Å². The molecule has 0 heterocycles. The van der Waals surface area contributed by atoms with Crippen molar-refractivity contribution in [2.24, 2.45) is 5.92 Å². The van der Waals surface area contributed by atoms with E-state index in [1.165, 1.54) is 12.8 Å². The molecule has 3 nitrogen and oxygen atoms in total. The molecule has 94 valence electrons. The van der Waals surface area contributed by atoms with Crippen LogP contribution >= 0.6 is 11.8 Å². The monoisotopic (exact) mass is 245 g/mol. The molecular weight excluding hydrogens is 222 g/mol. The minimum Gasteiger partial charge on any atom is -0.391 e. The van der Waals surface area contributed by atoms with Crippen molar-refractivity contribution in [3.63, 3.8) is 0 Å². The maximum Gasteiger partial charge on any atom is 0.230 e. The van der Waals surface area contributed by atoms with Gasteiger partial charge in [-0.1, -0.05) is 19.8 Å². The van der Waals surface area contributed by atoms with Crippen LogP contribution in [0.25, 0.3) is 0 Å². The molecule has 1 rings (SSSR count). The van der Waals surface area contributed by atoms with Crippen LogP contribution in [-0.4, -0.2) is 35.2 Å². The molecule has 1 amide bonds. The van der Waals surface area contributed by atoms with Gasteiger partial charge in [0.2, 0.25) is 5.91 Å². The van der Waals surface area contributed by atoms with Crippen LogP contribution in [0.15, 0.2) is 0 Å². The number of aliphatic hydroxyl groups excluding tert-OH is 1. The van der Waals surface area contributed by atoms with Crippen LogP contribution in [0.1, 0.15) is 39.0 Å². The highest BCUT2D eigenvalue weighted by Crippen LogP contribution is 2.27. The lowest BCUT2D eigenvalue weighted by molar-refractivity contribution is -0.119. The molecule has 0 aliphatic heterocycles. The van der Waals surface area contributed by atoms with E-state index in [-0.39, 0.29) is 12.0 Å². The Hall–Kier alpha value is -0.220. The fourth-order valence-electron chi connectivity index (χ4n) is 2.09. The Morgan fingerprint density at radius 2 is 2.19 bits per heavy atom. The standard InChI is InChI=1S/C12H23NO2S/c1-2-7-16-9-12(15)13-8-11(14)10-5-3-4-6-10/h10-11,14H,2-9H2,1H3,(H,13,15). The van der Waals surface area contributed by atoms with E-state index in [1.807, 2.05) is 0 Å². The predicted octanol–water partition coefficient (Wildman–Crippen LogP) is 1.80. The molecule has 0 spiro atoms. The normalized spacial score (nSPS) is 18.6. The summed E-state index contributed by atoms with van der Waals surface area (Å²) in [6, 6.07) is 0. The maximum atomic E-state index is 11.4. The number of nitrogens with one attached hydrogen (secondary N) is 1. The van der Waals surface area contributed by atoms with Gasteiger partial charge in [-0.2, -0.15) is 11.8 Å². The highest BCUT2D eigenvalue weighted by atomic mass is 32.2. The number of carbonyl (C=O) groups is 1. The van der Waals surface area contributed by atoms with Gasteiger partial charge in [0.05, 0.1) is 11.9 Å². The first-order valence-corrected chi connectivity index (χ1v) is 7.42. The quantitative estimate of drug-likeness (QED) is 0.672.